The van der Waals surface area contributed by atoms with Crippen LogP contribution in [0.2, 0.25) is 0 Å². The third kappa shape index (κ3) is 3.38. The third-order valence-corrected chi connectivity index (χ3v) is 3.24. The fraction of sp³-hybridized carbons (Fsp3) is 0.500. The van der Waals surface area contributed by atoms with Gasteiger partial charge in [0.15, 0.2) is 5.78 Å². The lowest BCUT2D eigenvalue weighted by Gasteiger charge is -2.14. The van der Waals surface area contributed by atoms with Gasteiger partial charge in [-0.15, -0.1) is 0 Å². The summed E-state index contributed by atoms with van der Waals surface area (Å²) in [5, 5.41) is 0. The first-order valence-electron chi connectivity index (χ1n) is 6.09. The average molecular weight is 233 g/mol. The molecule has 1 aliphatic rings. The molecule has 0 radical (unpaired) electrons. The fourth-order valence-corrected chi connectivity index (χ4v) is 2.35. The van der Waals surface area contributed by atoms with E-state index < -0.39 is 0 Å². The molecule has 0 N–H and O–H groups in total. The number of methoxy groups -OCH3 is 1. The van der Waals surface area contributed by atoms with Crippen molar-refractivity contribution in [3.8, 4) is 0 Å². The Morgan fingerprint density at radius 2 is 2.18 bits per heavy atom. The van der Waals surface area contributed by atoms with E-state index in [9.17, 15) is 4.79 Å². The molecule has 0 saturated carbocycles. The monoisotopic (exact) mass is 233 g/mol. The van der Waals surface area contributed by atoms with Crippen molar-refractivity contribution in [3.63, 3.8) is 0 Å². The van der Waals surface area contributed by atoms with Crippen molar-refractivity contribution in [2.45, 2.75) is 6.42 Å². The summed E-state index contributed by atoms with van der Waals surface area (Å²) in [6.07, 6.45) is 1.13. The SMILES string of the molecule is COCC1CCN(CC(=O)c2ccccc2)C1. The molecular weight excluding hydrogens is 214 g/mol. The molecule has 0 bridgehead atoms. The number of rotatable bonds is 5. The summed E-state index contributed by atoms with van der Waals surface area (Å²) in [6, 6.07) is 9.51. The zero-order valence-electron chi connectivity index (χ0n) is 10.3. The number of hydrogen-bond acceptors (Lipinski definition) is 3. The van der Waals surface area contributed by atoms with Gasteiger partial charge in [0.2, 0.25) is 0 Å². The quantitative estimate of drug-likeness (QED) is 0.727. The molecular formula is C14H19NO2. The zero-order valence-corrected chi connectivity index (χ0v) is 10.3. The summed E-state index contributed by atoms with van der Waals surface area (Å²) < 4.78 is 5.15. The largest absolute Gasteiger partial charge is 0.384 e. The number of nitrogens with zero attached hydrogens (tertiary/aromatic N) is 1. The highest BCUT2D eigenvalue weighted by atomic mass is 16.5. The van der Waals surface area contributed by atoms with Crippen LogP contribution in [0.3, 0.4) is 0 Å². The first kappa shape index (κ1) is 12.3. The van der Waals surface area contributed by atoms with Gasteiger partial charge in [0.25, 0.3) is 0 Å². The topological polar surface area (TPSA) is 29.5 Å². The smallest absolute Gasteiger partial charge is 0.176 e. The second kappa shape index (κ2) is 5.94. The number of likely N-dealkylation sites (tertiary alicyclic amines) is 1. The number of ketones is 1. The molecule has 1 heterocycles. The first-order chi connectivity index (χ1) is 8.29. The number of Topliss-reactive ketones (excluding diaryl/α,β-unsaturated/α-hetero) is 1. The number of benzene rings is 1. The molecule has 0 amide bonds. The molecule has 17 heavy (non-hydrogen) atoms. The average Bonchev–Trinajstić information content (AvgIpc) is 2.78. The Morgan fingerprint density at radius 1 is 1.41 bits per heavy atom. The van der Waals surface area contributed by atoms with E-state index >= 15 is 0 Å². The van der Waals surface area contributed by atoms with Crippen LogP contribution in [-0.2, 0) is 4.74 Å². The van der Waals surface area contributed by atoms with Crippen molar-refractivity contribution in [1.82, 2.24) is 4.90 Å². The van der Waals surface area contributed by atoms with Gasteiger partial charge in [-0.1, -0.05) is 30.3 Å². The van der Waals surface area contributed by atoms with Crippen LogP contribution in [0.1, 0.15) is 16.8 Å². The normalized spacial score (nSPS) is 20.6. The molecule has 1 saturated heterocycles. The molecule has 92 valence electrons. The second-order valence-corrected chi connectivity index (χ2v) is 4.63. The standard InChI is InChI=1S/C14H19NO2/c1-17-11-12-7-8-15(9-12)10-14(16)13-5-3-2-4-6-13/h2-6,12H,7-11H2,1H3. The second-order valence-electron chi connectivity index (χ2n) is 4.63. The van der Waals surface area contributed by atoms with Crippen LogP contribution in [0.5, 0.6) is 0 Å². The number of ether oxygens (including phenoxy) is 1. The maximum absolute atomic E-state index is 12.0. The van der Waals surface area contributed by atoms with E-state index in [0.29, 0.717) is 12.5 Å². The molecule has 2 rings (SSSR count). The van der Waals surface area contributed by atoms with Gasteiger partial charge < -0.3 is 4.74 Å². The summed E-state index contributed by atoms with van der Waals surface area (Å²) in [5.41, 5.74) is 0.808. The molecule has 1 atom stereocenters. The van der Waals surface area contributed by atoms with Crippen LogP contribution >= 0.6 is 0 Å². The van der Waals surface area contributed by atoms with Gasteiger partial charge in [0.05, 0.1) is 13.2 Å². The predicted octanol–water partition coefficient (Wildman–Crippen LogP) is 1.84. The highest BCUT2D eigenvalue weighted by Crippen LogP contribution is 2.16. The van der Waals surface area contributed by atoms with Crippen LogP contribution in [0.15, 0.2) is 30.3 Å². The molecule has 0 aliphatic carbocycles. The molecule has 0 aromatic heterocycles. The molecule has 1 unspecified atom stereocenters. The zero-order chi connectivity index (χ0) is 12.1. The van der Waals surface area contributed by atoms with Gasteiger partial charge in [-0.3, -0.25) is 9.69 Å². The lowest BCUT2D eigenvalue weighted by Crippen LogP contribution is -2.28. The number of hydrogen-bond donors (Lipinski definition) is 0. The van der Waals surface area contributed by atoms with E-state index in [2.05, 4.69) is 4.90 Å². The van der Waals surface area contributed by atoms with Crippen molar-refractivity contribution in [2.24, 2.45) is 5.92 Å². The summed E-state index contributed by atoms with van der Waals surface area (Å²) in [6.45, 7) is 3.32. The number of carbonyl (C=O) groups excluding carboxylic acids is 1. The number of carbonyl (C=O) groups is 1. The molecule has 3 heteroatoms. The molecule has 1 aromatic rings. The minimum atomic E-state index is 0.212. The molecule has 3 nitrogen and oxygen atoms in total. The summed E-state index contributed by atoms with van der Waals surface area (Å²) >= 11 is 0. The van der Waals surface area contributed by atoms with Crippen molar-refractivity contribution in [1.29, 1.82) is 0 Å². The fourth-order valence-electron chi connectivity index (χ4n) is 2.35. The Labute approximate surface area is 102 Å². The van der Waals surface area contributed by atoms with Crippen LogP contribution < -0.4 is 0 Å². The Kier molecular flexibility index (Phi) is 4.29. The first-order valence-corrected chi connectivity index (χ1v) is 6.09. The third-order valence-electron chi connectivity index (χ3n) is 3.24. The minimum Gasteiger partial charge on any atom is -0.384 e. The lowest BCUT2D eigenvalue weighted by atomic mass is 10.1. The van der Waals surface area contributed by atoms with E-state index in [1.165, 1.54) is 0 Å². The molecule has 1 fully saturated rings. The van der Waals surface area contributed by atoms with Gasteiger partial charge in [-0.05, 0) is 18.9 Å². The highest BCUT2D eigenvalue weighted by Gasteiger charge is 2.23. The van der Waals surface area contributed by atoms with Gasteiger partial charge >= 0.3 is 0 Å². The van der Waals surface area contributed by atoms with Crippen LogP contribution in [0, 0.1) is 5.92 Å². The van der Waals surface area contributed by atoms with E-state index in [-0.39, 0.29) is 5.78 Å². The van der Waals surface area contributed by atoms with Gasteiger partial charge in [0.1, 0.15) is 0 Å². The van der Waals surface area contributed by atoms with Crippen LogP contribution in [-0.4, -0.2) is 44.0 Å². The summed E-state index contributed by atoms with van der Waals surface area (Å²) in [7, 11) is 1.73. The van der Waals surface area contributed by atoms with Crippen LogP contribution in [0.4, 0.5) is 0 Å². The van der Waals surface area contributed by atoms with Gasteiger partial charge in [-0.25, -0.2) is 0 Å². The Bertz CT molecular complexity index is 364. The van der Waals surface area contributed by atoms with Crippen molar-refractivity contribution < 1.29 is 9.53 Å². The predicted molar refractivity (Wildman–Crippen MR) is 67.2 cm³/mol. The van der Waals surface area contributed by atoms with E-state index in [1.54, 1.807) is 7.11 Å². The summed E-state index contributed by atoms with van der Waals surface area (Å²) in [5.74, 6) is 0.798. The van der Waals surface area contributed by atoms with Crippen molar-refractivity contribution >= 4 is 5.78 Å². The van der Waals surface area contributed by atoms with E-state index in [0.717, 1.165) is 31.7 Å². The maximum Gasteiger partial charge on any atom is 0.176 e. The maximum atomic E-state index is 12.0. The van der Waals surface area contributed by atoms with Crippen molar-refractivity contribution in [3.05, 3.63) is 35.9 Å². The van der Waals surface area contributed by atoms with Crippen LogP contribution in [0.25, 0.3) is 0 Å². The molecule has 1 aliphatic heterocycles. The Morgan fingerprint density at radius 3 is 2.88 bits per heavy atom. The van der Waals surface area contributed by atoms with Crippen molar-refractivity contribution in [2.75, 3.05) is 33.4 Å². The minimum absolute atomic E-state index is 0.212. The summed E-state index contributed by atoms with van der Waals surface area (Å²) in [4.78, 5) is 14.2. The Balaban J connectivity index is 1.84. The lowest BCUT2D eigenvalue weighted by molar-refractivity contribution is 0.0937. The highest BCUT2D eigenvalue weighted by molar-refractivity contribution is 5.97. The van der Waals surface area contributed by atoms with Gasteiger partial charge in [-0.2, -0.15) is 0 Å². The van der Waals surface area contributed by atoms with Gasteiger partial charge in [0, 0.05) is 19.2 Å². The molecule has 1 aromatic carbocycles. The van der Waals surface area contributed by atoms with E-state index in [4.69, 9.17) is 4.74 Å². The van der Waals surface area contributed by atoms with E-state index in [1.807, 2.05) is 30.3 Å². The molecule has 0 spiro atoms. The Hall–Kier alpha value is -1.19.